The second-order valence-electron chi connectivity index (χ2n) is 4.33. The van der Waals surface area contributed by atoms with Gasteiger partial charge in [-0.25, -0.2) is 0 Å². The van der Waals surface area contributed by atoms with Crippen LogP contribution in [0.15, 0.2) is 46.9 Å². The fraction of sp³-hybridized carbons (Fsp3) is 0.200. The van der Waals surface area contributed by atoms with Gasteiger partial charge in [0.25, 0.3) is 0 Å². The number of methoxy groups -OCH3 is 1. The van der Waals surface area contributed by atoms with E-state index in [0.29, 0.717) is 5.02 Å². The van der Waals surface area contributed by atoms with E-state index in [1.54, 1.807) is 7.11 Å². The highest BCUT2D eigenvalue weighted by Gasteiger charge is 2.11. The maximum atomic E-state index is 6.23. The van der Waals surface area contributed by atoms with Gasteiger partial charge in [-0.3, -0.25) is 0 Å². The number of rotatable bonds is 4. The Morgan fingerprint density at radius 1 is 1.26 bits per heavy atom. The average Bonchev–Trinajstić information content (AvgIpc) is 2.38. The first-order valence-corrected chi connectivity index (χ1v) is 7.10. The Hall–Kier alpha value is -1.03. The van der Waals surface area contributed by atoms with Crippen molar-refractivity contribution in [3.8, 4) is 5.75 Å². The van der Waals surface area contributed by atoms with Crippen LogP contribution in [0.4, 0.5) is 0 Å². The summed E-state index contributed by atoms with van der Waals surface area (Å²) in [5.41, 5.74) is 8.31. The zero-order valence-corrected chi connectivity index (χ0v) is 12.9. The minimum atomic E-state index is -0.132. The summed E-state index contributed by atoms with van der Waals surface area (Å²) in [5.74, 6) is 0.839. The van der Waals surface area contributed by atoms with Crippen molar-refractivity contribution >= 4 is 27.5 Å². The largest absolute Gasteiger partial charge is 0.497 e. The molecule has 0 aliphatic heterocycles. The van der Waals surface area contributed by atoms with E-state index >= 15 is 0 Å². The zero-order chi connectivity index (χ0) is 13.8. The van der Waals surface area contributed by atoms with Gasteiger partial charge >= 0.3 is 0 Å². The van der Waals surface area contributed by atoms with Crippen LogP contribution in [0.3, 0.4) is 0 Å². The van der Waals surface area contributed by atoms with Gasteiger partial charge in [0.1, 0.15) is 5.75 Å². The zero-order valence-electron chi connectivity index (χ0n) is 10.6. The van der Waals surface area contributed by atoms with Crippen molar-refractivity contribution in [1.82, 2.24) is 0 Å². The maximum absolute atomic E-state index is 6.23. The van der Waals surface area contributed by atoms with Crippen molar-refractivity contribution in [2.45, 2.75) is 12.5 Å². The van der Waals surface area contributed by atoms with Crippen LogP contribution < -0.4 is 10.5 Å². The van der Waals surface area contributed by atoms with E-state index in [1.165, 1.54) is 0 Å². The van der Waals surface area contributed by atoms with Gasteiger partial charge in [-0.15, -0.1) is 0 Å². The smallest absolute Gasteiger partial charge is 0.119 e. The topological polar surface area (TPSA) is 35.2 Å². The monoisotopic (exact) mass is 339 g/mol. The lowest BCUT2D eigenvalue weighted by Crippen LogP contribution is -2.13. The lowest BCUT2D eigenvalue weighted by atomic mass is 9.99. The molecule has 1 atom stereocenters. The molecule has 0 aliphatic carbocycles. The Bertz CT molecular complexity index is 574. The van der Waals surface area contributed by atoms with Gasteiger partial charge in [-0.2, -0.15) is 0 Å². The SMILES string of the molecule is COc1cccc(CC(N)c2ccc(Br)cc2Cl)c1. The molecule has 0 saturated heterocycles. The van der Waals surface area contributed by atoms with Gasteiger partial charge in [0.2, 0.25) is 0 Å². The van der Waals surface area contributed by atoms with Crippen LogP contribution in [0, 0.1) is 0 Å². The van der Waals surface area contributed by atoms with E-state index in [1.807, 2.05) is 42.5 Å². The molecule has 0 aromatic heterocycles. The van der Waals surface area contributed by atoms with Crippen LogP contribution in [0.1, 0.15) is 17.2 Å². The molecule has 0 fully saturated rings. The molecular formula is C15H15BrClNO. The van der Waals surface area contributed by atoms with Crippen LogP contribution in [0.5, 0.6) is 5.75 Å². The van der Waals surface area contributed by atoms with E-state index in [9.17, 15) is 0 Å². The minimum Gasteiger partial charge on any atom is -0.497 e. The Kier molecular flexibility index (Phi) is 4.86. The van der Waals surface area contributed by atoms with E-state index in [4.69, 9.17) is 22.1 Å². The second-order valence-corrected chi connectivity index (χ2v) is 5.65. The van der Waals surface area contributed by atoms with Crippen LogP contribution in [-0.4, -0.2) is 7.11 Å². The quantitative estimate of drug-likeness (QED) is 0.898. The van der Waals surface area contributed by atoms with Crippen LogP contribution in [0.25, 0.3) is 0 Å². The first-order valence-electron chi connectivity index (χ1n) is 5.93. The number of nitrogens with two attached hydrogens (primary N) is 1. The summed E-state index contributed by atoms with van der Waals surface area (Å²) in [6, 6.07) is 13.5. The first kappa shape index (κ1) is 14.4. The van der Waals surface area contributed by atoms with Crippen molar-refractivity contribution in [1.29, 1.82) is 0 Å². The molecule has 2 aromatic rings. The number of benzene rings is 2. The molecule has 0 bridgehead atoms. The summed E-state index contributed by atoms with van der Waals surface area (Å²) in [6.45, 7) is 0. The first-order chi connectivity index (χ1) is 9.10. The molecule has 100 valence electrons. The predicted molar refractivity (Wildman–Crippen MR) is 82.8 cm³/mol. The van der Waals surface area contributed by atoms with Crippen molar-refractivity contribution in [3.05, 3.63) is 63.1 Å². The third kappa shape index (κ3) is 3.72. The standard InChI is InChI=1S/C15H15BrClNO/c1-19-12-4-2-3-10(7-12)8-15(18)13-6-5-11(16)9-14(13)17/h2-7,9,15H,8,18H2,1H3. The Morgan fingerprint density at radius 3 is 2.74 bits per heavy atom. The predicted octanol–water partition coefficient (Wildman–Crippen LogP) is 4.35. The third-order valence-electron chi connectivity index (χ3n) is 2.95. The summed E-state index contributed by atoms with van der Waals surface area (Å²) in [5, 5.41) is 0.685. The Morgan fingerprint density at radius 2 is 2.05 bits per heavy atom. The number of halogens is 2. The van der Waals surface area contributed by atoms with Gasteiger partial charge in [-0.1, -0.05) is 45.7 Å². The Balaban J connectivity index is 2.17. The van der Waals surface area contributed by atoms with Gasteiger partial charge in [0.15, 0.2) is 0 Å². The van der Waals surface area contributed by atoms with E-state index in [2.05, 4.69) is 15.9 Å². The van der Waals surface area contributed by atoms with Crippen molar-refractivity contribution in [3.63, 3.8) is 0 Å². The summed E-state index contributed by atoms with van der Waals surface area (Å²) in [6.07, 6.45) is 0.721. The molecule has 0 aliphatic rings. The number of hydrogen-bond donors (Lipinski definition) is 1. The fourth-order valence-corrected chi connectivity index (χ4v) is 2.78. The molecule has 19 heavy (non-hydrogen) atoms. The molecule has 0 radical (unpaired) electrons. The molecule has 2 nitrogen and oxygen atoms in total. The number of ether oxygens (including phenoxy) is 1. The van der Waals surface area contributed by atoms with Gasteiger partial charge in [0, 0.05) is 15.5 Å². The van der Waals surface area contributed by atoms with Crippen LogP contribution in [-0.2, 0) is 6.42 Å². The maximum Gasteiger partial charge on any atom is 0.119 e. The highest BCUT2D eigenvalue weighted by Crippen LogP contribution is 2.27. The van der Waals surface area contributed by atoms with Crippen molar-refractivity contribution in [2.75, 3.05) is 7.11 Å². The molecule has 0 spiro atoms. The molecule has 0 saturated carbocycles. The van der Waals surface area contributed by atoms with Gasteiger partial charge in [0.05, 0.1) is 7.11 Å². The third-order valence-corrected chi connectivity index (χ3v) is 3.77. The molecular weight excluding hydrogens is 326 g/mol. The highest BCUT2D eigenvalue weighted by molar-refractivity contribution is 9.10. The summed E-state index contributed by atoms with van der Waals surface area (Å²) in [7, 11) is 1.66. The van der Waals surface area contributed by atoms with Gasteiger partial charge < -0.3 is 10.5 Å². The molecule has 0 amide bonds. The highest BCUT2D eigenvalue weighted by atomic mass is 79.9. The summed E-state index contributed by atoms with van der Waals surface area (Å²) >= 11 is 9.60. The lowest BCUT2D eigenvalue weighted by molar-refractivity contribution is 0.414. The summed E-state index contributed by atoms with van der Waals surface area (Å²) < 4.78 is 6.16. The Labute approximate surface area is 126 Å². The lowest BCUT2D eigenvalue weighted by Gasteiger charge is -2.14. The molecule has 2 aromatic carbocycles. The van der Waals surface area contributed by atoms with Crippen molar-refractivity contribution < 1.29 is 4.74 Å². The molecule has 2 rings (SSSR count). The molecule has 4 heteroatoms. The van der Waals surface area contributed by atoms with Gasteiger partial charge in [-0.05, 0) is 41.8 Å². The van der Waals surface area contributed by atoms with Crippen LogP contribution in [0.2, 0.25) is 5.02 Å². The normalized spacial score (nSPS) is 12.2. The second kappa shape index (κ2) is 6.42. The van der Waals surface area contributed by atoms with Crippen LogP contribution >= 0.6 is 27.5 Å². The minimum absolute atomic E-state index is 0.132. The average molecular weight is 341 g/mol. The summed E-state index contributed by atoms with van der Waals surface area (Å²) in [4.78, 5) is 0. The van der Waals surface area contributed by atoms with E-state index in [-0.39, 0.29) is 6.04 Å². The van der Waals surface area contributed by atoms with E-state index < -0.39 is 0 Å². The molecule has 0 heterocycles. The molecule has 1 unspecified atom stereocenters. The van der Waals surface area contributed by atoms with Crippen molar-refractivity contribution in [2.24, 2.45) is 5.73 Å². The fourth-order valence-electron chi connectivity index (χ4n) is 1.97. The van der Waals surface area contributed by atoms with E-state index in [0.717, 1.165) is 27.8 Å². The molecule has 2 N–H and O–H groups in total. The number of hydrogen-bond acceptors (Lipinski definition) is 2.